The first-order valence-electron chi connectivity index (χ1n) is 6.97. The molecule has 3 N–H and O–H groups in total. The van der Waals surface area contributed by atoms with Crippen LogP contribution >= 0.6 is 0 Å². The molecule has 1 atom stereocenters. The molecule has 0 fully saturated rings. The highest BCUT2D eigenvalue weighted by Crippen LogP contribution is 2.38. The van der Waals surface area contributed by atoms with Gasteiger partial charge in [-0.3, -0.25) is 15.0 Å². The highest BCUT2D eigenvalue weighted by atomic mass is 16.2. The average Bonchev–Trinajstić information content (AvgIpc) is 2.64. The fourth-order valence-electron chi connectivity index (χ4n) is 3.26. The second kappa shape index (κ2) is 4.04. The summed E-state index contributed by atoms with van der Waals surface area (Å²) in [6.45, 7) is 6.62. The lowest BCUT2D eigenvalue weighted by Crippen LogP contribution is -2.31. The zero-order valence-electron chi connectivity index (χ0n) is 12.0. The number of aryl methyl sites for hydroxylation is 1. The zero-order chi connectivity index (χ0) is 14.7. The summed E-state index contributed by atoms with van der Waals surface area (Å²) in [6, 6.07) is 0. The molecule has 2 aliphatic rings. The second-order valence-corrected chi connectivity index (χ2v) is 6.80. The number of nitrogens with one attached hydrogen (secondary N) is 3. The minimum Gasteiger partial charge on any atom is -0.325 e. The Morgan fingerprint density at radius 2 is 1.90 bits per heavy atom. The van der Waals surface area contributed by atoms with Crippen molar-refractivity contribution in [2.45, 2.75) is 40.0 Å². The quantitative estimate of drug-likeness (QED) is 0.670. The van der Waals surface area contributed by atoms with E-state index >= 15 is 0 Å². The van der Waals surface area contributed by atoms with Gasteiger partial charge in [-0.05, 0) is 36.2 Å². The van der Waals surface area contributed by atoms with Gasteiger partial charge < -0.3 is 10.3 Å². The lowest BCUT2D eigenvalue weighted by Gasteiger charge is -2.35. The molecule has 106 valence electrons. The lowest BCUT2D eigenvalue weighted by molar-refractivity contribution is 0.0980. The van der Waals surface area contributed by atoms with E-state index in [9.17, 15) is 9.59 Å². The number of amides is 1. The highest BCUT2D eigenvalue weighted by Gasteiger charge is 2.36. The van der Waals surface area contributed by atoms with Gasteiger partial charge in [0, 0.05) is 5.69 Å². The van der Waals surface area contributed by atoms with Gasteiger partial charge in [0.2, 0.25) is 0 Å². The molecule has 5 heteroatoms. The Balaban J connectivity index is 2.17. The Hall–Kier alpha value is -1.91. The fourth-order valence-corrected chi connectivity index (χ4v) is 3.26. The van der Waals surface area contributed by atoms with E-state index in [1.165, 1.54) is 0 Å². The van der Waals surface area contributed by atoms with Crippen molar-refractivity contribution < 1.29 is 4.79 Å². The summed E-state index contributed by atoms with van der Waals surface area (Å²) in [5.74, 6) is 0.0985. The van der Waals surface area contributed by atoms with Crippen molar-refractivity contribution >= 4 is 11.7 Å². The monoisotopic (exact) mass is 273 g/mol. The van der Waals surface area contributed by atoms with Gasteiger partial charge >= 0.3 is 0 Å². The fraction of sp³-hybridized carbons (Fsp3) is 0.533. The van der Waals surface area contributed by atoms with Crippen LogP contribution in [-0.4, -0.2) is 16.7 Å². The molecule has 3 rings (SSSR count). The number of carbonyl (C=O) groups excluding carboxylic acids is 1. The topological polar surface area (TPSA) is 85.8 Å². The van der Waals surface area contributed by atoms with Gasteiger partial charge in [-0.2, -0.15) is 0 Å². The number of aromatic amines is 1. The van der Waals surface area contributed by atoms with Crippen LogP contribution in [0.25, 0.3) is 0 Å². The van der Waals surface area contributed by atoms with Crippen molar-refractivity contribution in [3.63, 3.8) is 0 Å². The highest BCUT2D eigenvalue weighted by molar-refractivity contribution is 6.22. The van der Waals surface area contributed by atoms with Crippen LogP contribution in [0.2, 0.25) is 0 Å². The van der Waals surface area contributed by atoms with Crippen LogP contribution in [0, 0.1) is 16.7 Å². The summed E-state index contributed by atoms with van der Waals surface area (Å²) < 4.78 is 0. The summed E-state index contributed by atoms with van der Waals surface area (Å²) in [7, 11) is 0. The standard InChI is InChI=1S/C15H19N3O2/c1-15(2,3)7-4-5-9-8(6-7)10-11(14(20)17-9)12(16)18-13(10)19/h7H,4-6H2,1-3H3,(H,17,20)(H2,16,18,19). The average molecular weight is 273 g/mol. The van der Waals surface area contributed by atoms with E-state index in [0.717, 1.165) is 30.5 Å². The van der Waals surface area contributed by atoms with Crippen LogP contribution < -0.4 is 10.9 Å². The van der Waals surface area contributed by atoms with E-state index < -0.39 is 0 Å². The molecule has 0 saturated carbocycles. The first-order valence-corrected chi connectivity index (χ1v) is 6.97. The second-order valence-electron chi connectivity index (χ2n) is 6.80. The Morgan fingerprint density at radius 1 is 1.20 bits per heavy atom. The normalized spacial score (nSPS) is 21.4. The molecule has 2 heterocycles. The number of hydrogen-bond donors (Lipinski definition) is 3. The predicted molar refractivity (Wildman–Crippen MR) is 76.3 cm³/mol. The van der Waals surface area contributed by atoms with Crippen LogP contribution in [-0.2, 0) is 12.8 Å². The van der Waals surface area contributed by atoms with E-state index in [1.54, 1.807) is 0 Å². The largest absolute Gasteiger partial charge is 0.325 e. The maximum Gasteiger partial charge on any atom is 0.259 e. The first kappa shape index (κ1) is 13.1. The Kier molecular flexibility index (Phi) is 2.64. The van der Waals surface area contributed by atoms with E-state index in [4.69, 9.17) is 5.41 Å². The summed E-state index contributed by atoms with van der Waals surface area (Å²) in [6.07, 6.45) is 2.60. The maximum absolute atomic E-state index is 12.1. The minimum absolute atomic E-state index is 0.0769. The predicted octanol–water partition coefficient (Wildman–Crippen LogP) is 1.59. The van der Waals surface area contributed by atoms with Crippen molar-refractivity contribution in [2.24, 2.45) is 11.3 Å². The number of rotatable bonds is 0. The lowest BCUT2D eigenvalue weighted by atomic mass is 9.70. The molecule has 0 saturated heterocycles. The minimum atomic E-state index is -0.323. The van der Waals surface area contributed by atoms with Crippen LogP contribution in [0.1, 0.15) is 54.4 Å². The van der Waals surface area contributed by atoms with Gasteiger partial charge in [-0.25, -0.2) is 0 Å². The molecule has 20 heavy (non-hydrogen) atoms. The van der Waals surface area contributed by atoms with Crippen LogP contribution in [0.3, 0.4) is 0 Å². The Labute approximate surface area is 117 Å². The molecule has 5 nitrogen and oxygen atoms in total. The van der Waals surface area contributed by atoms with Gasteiger partial charge in [0.1, 0.15) is 5.84 Å². The number of fused-ring (bicyclic) bond motifs is 3. The Bertz CT molecular complexity index is 680. The zero-order valence-corrected chi connectivity index (χ0v) is 12.0. The van der Waals surface area contributed by atoms with Crippen LogP contribution in [0.4, 0.5) is 0 Å². The molecule has 1 aromatic heterocycles. The summed E-state index contributed by atoms with van der Waals surface area (Å²) in [4.78, 5) is 26.9. The third-order valence-electron chi connectivity index (χ3n) is 4.54. The van der Waals surface area contributed by atoms with Gasteiger partial charge in [0.25, 0.3) is 11.5 Å². The number of aromatic nitrogens is 1. The number of pyridine rings is 1. The first-order chi connectivity index (χ1) is 9.29. The molecule has 0 bridgehead atoms. The molecule has 1 aromatic rings. The summed E-state index contributed by atoms with van der Waals surface area (Å²) in [5.41, 5.74) is 2.30. The molecule has 1 amide bonds. The van der Waals surface area contributed by atoms with E-state index in [2.05, 4.69) is 31.1 Å². The van der Waals surface area contributed by atoms with Crippen LogP contribution in [0.5, 0.6) is 0 Å². The maximum atomic E-state index is 12.1. The van der Waals surface area contributed by atoms with Crippen molar-refractivity contribution in [1.29, 1.82) is 5.41 Å². The van der Waals surface area contributed by atoms with Crippen LogP contribution in [0.15, 0.2) is 4.79 Å². The third kappa shape index (κ3) is 1.80. The SMILES string of the molecule is CC(C)(C)C1CCc2[nH]c(=O)c3c(c2C1)C(=O)NC3=N. The summed E-state index contributed by atoms with van der Waals surface area (Å²) in [5, 5.41) is 10.2. The number of carbonyl (C=O) groups is 1. The van der Waals surface area contributed by atoms with Crippen molar-refractivity contribution in [1.82, 2.24) is 10.3 Å². The molecular formula is C15H19N3O2. The van der Waals surface area contributed by atoms with Gasteiger partial charge in [-0.15, -0.1) is 0 Å². The van der Waals surface area contributed by atoms with E-state index in [-0.39, 0.29) is 28.3 Å². The number of amidine groups is 1. The third-order valence-corrected chi connectivity index (χ3v) is 4.54. The molecular weight excluding hydrogens is 254 g/mol. The van der Waals surface area contributed by atoms with Crippen molar-refractivity contribution in [3.8, 4) is 0 Å². The molecule has 0 aromatic carbocycles. The van der Waals surface area contributed by atoms with E-state index in [1.807, 2.05) is 0 Å². The number of hydrogen-bond acceptors (Lipinski definition) is 3. The molecule has 0 radical (unpaired) electrons. The van der Waals surface area contributed by atoms with Gasteiger partial charge in [0.05, 0.1) is 11.1 Å². The van der Waals surface area contributed by atoms with Crippen molar-refractivity contribution in [3.05, 3.63) is 32.7 Å². The molecule has 0 spiro atoms. The molecule has 1 aliphatic heterocycles. The Morgan fingerprint density at radius 3 is 2.55 bits per heavy atom. The van der Waals surface area contributed by atoms with Crippen molar-refractivity contribution in [2.75, 3.05) is 0 Å². The van der Waals surface area contributed by atoms with Gasteiger partial charge in [0.15, 0.2) is 0 Å². The van der Waals surface area contributed by atoms with E-state index in [0.29, 0.717) is 11.5 Å². The van der Waals surface area contributed by atoms with Gasteiger partial charge in [-0.1, -0.05) is 20.8 Å². The smallest absolute Gasteiger partial charge is 0.259 e. The number of H-pyrrole nitrogens is 1. The molecule has 1 unspecified atom stereocenters. The summed E-state index contributed by atoms with van der Waals surface area (Å²) >= 11 is 0. The molecule has 1 aliphatic carbocycles.